The van der Waals surface area contributed by atoms with Crippen LogP contribution in [0.2, 0.25) is 0 Å². The van der Waals surface area contributed by atoms with Gasteiger partial charge in [-0.25, -0.2) is 4.79 Å². The lowest BCUT2D eigenvalue weighted by Gasteiger charge is -2.29. The van der Waals surface area contributed by atoms with Crippen molar-refractivity contribution in [2.45, 2.75) is 19.4 Å². The van der Waals surface area contributed by atoms with Crippen molar-refractivity contribution in [2.24, 2.45) is 5.92 Å². The number of carboxylic acids is 1. The van der Waals surface area contributed by atoms with Gasteiger partial charge >= 0.3 is 12.0 Å². The number of imide groups is 1. The number of carbonyl (C=O) groups excluding carboxylic acids is 2. The van der Waals surface area contributed by atoms with Crippen molar-refractivity contribution in [3.8, 4) is 0 Å². The Morgan fingerprint density at radius 3 is 2.58 bits per heavy atom. The largest absolute Gasteiger partial charge is 0.481 e. The van der Waals surface area contributed by atoms with Crippen LogP contribution >= 0.6 is 12.4 Å². The van der Waals surface area contributed by atoms with E-state index in [0.717, 1.165) is 12.0 Å². The summed E-state index contributed by atoms with van der Waals surface area (Å²) in [6, 6.07) is 8.83. The highest BCUT2D eigenvalue weighted by Crippen LogP contribution is 2.15. The van der Waals surface area contributed by atoms with Crippen molar-refractivity contribution in [1.82, 2.24) is 15.5 Å². The molecule has 1 heterocycles. The third-order valence-electron chi connectivity index (χ3n) is 3.77. The molecule has 1 fully saturated rings. The first-order chi connectivity index (χ1) is 11.0. The second kappa shape index (κ2) is 9.89. The molecule has 132 valence electrons. The highest BCUT2D eigenvalue weighted by Gasteiger charge is 2.26. The number of nitrogens with zero attached hydrogens (tertiary/aromatic N) is 1. The number of urea groups is 1. The lowest BCUT2D eigenvalue weighted by molar-refractivity contribution is -0.144. The maximum Gasteiger partial charge on any atom is 0.321 e. The summed E-state index contributed by atoms with van der Waals surface area (Å²) in [4.78, 5) is 36.3. The van der Waals surface area contributed by atoms with E-state index in [1.54, 1.807) is 4.90 Å². The predicted octanol–water partition coefficient (Wildman–Crippen LogP) is 1.23. The van der Waals surface area contributed by atoms with Crippen LogP contribution in [0.3, 0.4) is 0 Å². The molecule has 1 aliphatic rings. The number of piperidine rings is 1. The van der Waals surface area contributed by atoms with Gasteiger partial charge in [0, 0.05) is 13.1 Å². The summed E-state index contributed by atoms with van der Waals surface area (Å²) >= 11 is 0. The number of aliphatic carboxylic acids is 1. The zero-order chi connectivity index (χ0) is 16.7. The first-order valence-electron chi connectivity index (χ1n) is 7.61. The van der Waals surface area contributed by atoms with Crippen LogP contribution in [-0.2, 0) is 16.1 Å². The van der Waals surface area contributed by atoms with Crippen LogP contribution in [0.25, 0.3) is 0 Å². The number of nitrogens with one attached hydrogen (secondary N) is 2. The van der Waals surface area contributed by atoms with Crippen molar-refractivity contribution in [3.63, 3.8) is 0 Å². The van der Waals surface area contributed by atoms with E-state index in [4.69, 9.17) is 5.11 Å². The summed E-state index contributed by atoms with van der Waals surface area (Å²) in [6.45, 7) is 1.38. The quantitative estimate of drug-likeness (QED) is 0.738. The van der Waals surface area contributed by atoms with Crippen molar-refractivity contribution < 1.29 is 19.5 Å². The molecule has 1 atom stereocenters. The van der Waals surface area contributed by atoms with Crippen LogP contribution in [0.15, 0.2) is 30.3 Å². The van der Waals surface area contributed by atoms with Crippen molar-refractivity contribution in [3.05, 3.63) is 35.9 Å². The van der Waals surface area contributed by atoms with E-state index in [2.05, 4.69) is 10.6 Å². The number of hydrogen-bond donors (Lipinski definition) is 3. The maximum absolute atomic E-state index is 11.8. The first-order valence-corrected chi connectivity index (χ1v) is 7.61. The Morgan fingerprint density at radius 1 is 1.21 bits per heavy atom. The number of likely N-dealkylation sites (tertiary alicyclic amines) is 1. The molecule has 0 bridgehead atoms. The molecule has 1 aromatic rings. The highest BCUT2D eigenvalue weighted by atomic mass is 35.5. The van der Waals surface area contributed by atoms with Gasteiger partial charge < -0.3 is 10.4 Å². The van der Waals surface area contributed by atoms with Gasteiger partial charge in [0.15, 0.2) is 0 Å². The molecule has 8 heteroatoms. The van der Waals surface area contributed by atoms with Crippen LogP contribution in [0.4, 0.5) is 4.79 Å². The molecule has 1 aromatic carbocycles. The van der Waals surface area contributed by atoms with Gasteiger partial charge in [-0.2, -0.15) is 0 Å². The zero-order valence-electron chi connectivity index (χ0n) is 13.2. The molecule has 0 radical (unpaired) electrons. The molecule has 3 N–H and O–H groups in total. The number of carbonyl (C=O) groups is 3. The Balaban J connectivity index is 0.00000288. The van der Waals surface area contributed by atoms with Crippen LogP contribution in [-0.4, -0.2) is 47.5 Å². The third kappa shape index (κ3) is 6.55. The van der Waals surface area contributed by atoms with Crippen molar-refractivity contribution in [1.29, 1.82) is 0 Å². The molecule has 24 heavy (non-hydrogen) atoms. The van der Waals surface area contributed by atoms with Gasteiger partial charge in [0.25, 0.3) is 0 Å². The second-order valence-electron chi connectivity index (χ2n) is 5.63. The van der Waals surface area contributed by atoms with Gasteiger partial charge in [-0.15, -0.1) is 12.4 Å². The minimum Gasteiger partial charge on any atom is -0.481 e. The average molecular weight is 356 g/mol. The number of halogens is 1. The number of rotatable bonds is 5. The van der Waals surface area contributed by atoms with E-state index >= 15 is 0 Å². The Bertz CT molecular complexity index is 568. The SMILES string of the molecule is Cl.O=C(CN1CCCC(C(=O)O)C1)NC(=O)NCc1ccccc1. The van der Waals surface area contributed by atoms with E-state index in [1.807, 2.05) is 30.3 Å². The molecular weight excluding hydrogens is 334 g/mol. The summed E-state index contributed by atoms with van der Waals surface area (Å²) < 4.78 is 0. The topological polar surface area (TPSA) is 98.7 Å². The Labute approximate surface area is 146 Å². The van der Waals surface area contributed by atoms with Gasteiger partial charge in [0.2, 0.25) is 5.91 Å². The van der Waals surface area contributed by atoms with Crippen molar-refractivity contribution >= 4 is 30.3 Å². The summed E-state index contributed by atoms with van der Waals surface area (Å²) in [5, 5.41) is 13.9. The second-order valence-corrected chi connectivity index (χ2v) is 5.63. The standard InChI is InChI=1S/C16H21N3O4.ClH/c20-14(11-19-8-4-7-13(10-19)15(21)22)18-16(23)17-9-12-5-2-1-3-6-12;/h1-3,5-6,13H,4,7-11H2,(H,21,22)(H2,17,18,20,23);1H. The molecule has 1 saturated heterocycles. The number of hydrogen-bond acceptors (Lipinski definition) is 4. The molecular formula is C16H22ClN3O4. The van der Waals surface area contributed by atoms with E-state index in [9.17, 15) is 14.4 Å². The van der Waals surface area contributed by atoms with Crippen LogP contribution in [0.5, 0.6) is 0 Å². The minimum absolute atomic E-state index is 0. The molecule has 7 nitrogen and oxygen atoms in total. The van der Waals surface area contributed by atoms with Gasteiger partial charge in [-0.1, -0.05) is 30.3 Å². The zero-order valence-corrected chi connectivity index (χ0v) is 14.1. The molecule has 0 aromatic heterocycles. The molecule has 2 rings (SSSR count). The number of carboxylic acid groups (broad SMARTS) is 1. The van der Waals surface area contributed by atoms with E-state index in [1.165, 1.54) is 0 Å². The van der Waals surface area contributed by atoms with Gasteiger partial charge in [-0.3, -0.25) is 19.8 Å². The Hall–Kier alpha value is -2.12. The molecule has 1 aliphatic heterocycles. The monoisotopic (exact) mass is 355 g/mol. The normalized spacial score (nSPS) is 17.4. The molecule has 0 spiro atoms. The van der Waals surface area contributed by atoms with E-state index in [-0.39, 0.29) is 19.0 Å². The average Bonchev–Trinajstić information content (AvgIpc) is 2.54. The lowest BCUT2D eigenvalue weighted by atomic mass is 9.98. The molecule has 3 amide bonds. The minimum atomic E-state index is -0.837. The van der Waals surface area contributed by atoms with Crippen molar-refractivity contribution in [2.75, 3.05) is 19.6 Å². The Kier molecular flexibility index (Phi) is 8.21. The number of amides is 3. The first kappa shape index (κ1) is 19.9. The summed E-state index contributed by atoms with van der Waals surface area (Å²) in [5.74, 6) is -1.71. The molecule has 0 aliphatic carbocycles. The maximum atomic E-state index is 11.8. The lowest BCUT2D eigenvalue weighted by Crippen LogP contribution is -2.47. The van der Waals surface area contributed by atoms with E-state index < -0.39 is 23.8 Å². The number of benzene rings is 1. The fourth-order valence-corrected chi connectivity index (χ4v) is 2.59. The van der Waals surface area contributed by atoms with Gasteiger partial charge in [-0.05, 0) is 24.9 Å². The predicted molar refractivity (Wildman–Crippen MR) is 90.9 cm³/mol. The van der Waals surface area contributed by atoms with Gasteiger partial charge in [0.1, 0.15) is 0 Å². The Morgan fingerprint density at radius 2 is 1.92 bits per heavy atom. The summed E-state index contributed by atoms with van der Waals surface area (Å²) in [5.41, 5.74) is 0.940. The smallest absolute Gasteiger partial charge is 0.321 e. The van der Waals surface area contributed by atoms with Gasteiger partial charge in [0.05, 0.1) is 12.5 Å². The third-order valence-corrected chi connectivity index (χ3v) is 3.77. The molecule has 0 saturated carbocycles. The van der Waals surface area contributed by atoms with Crippen LogP contribution in [0, 0.1) is 5.92 Å². The highest BCUT2D eigenvalue weighted by molar-refractivity contribution is 5.95. The van der Waals surface area contributed by atoms with Crippen LogP contribution < -0.4 is 10.6 Å². The summed E-state index contributed by atoms with van der Waals surface area (Å²) in [6.07, 6.45) is 1.37. The fourth-order valence-electron chi connectivity index (χ4n) is 2.59. The van der Waals surface area contributed by atoms with E-state index in [0.29, 0.717) is 26.1 Å². The van der Waals surface area contributed by atoms with Crippen LogP contribution in [0.1, 0.15) is 18.4 Å². The molecule has 1 unspecified atom stereocenters. The summed E-state index contributed by atoms with van der Waals surface area (Å²) in [7, 11) is 0. The fraction of sp³-hybridized carbons (Fsp3) is 0.438.